The Kier molecular flexibility index (Phi) is 9.40. The van der Waals surface area contributed by atoms with Gasteiger partial charge in [0.25, 0.3) is 5.91 Å². The third kappa shape index (κ3) is 7.22. The number of hydrogen-bond acceptors (Lipinski definition) is 5. The second-order valence-corrected chi connectivity index (χ2v) is 12.3. The molecule has 0 spiro atoms. The van der Waals surface area contributed by atoms with E-state index in [4.69, 9.17) is 16.3 Å². The van der Waals surface area contributed by atoms with Gasteiger partial charge in [0.15, 0.2) is 6.10 Å². The molecule has 1 heterocycles. The number of benzene rings is 4. The summed E-state index contributed by atoms with van der Waals surface area (Å²) in [7, 11) is -4.26. The summed E-state index contributed by atoms with van der Waals surface area (Å²) in [5.41, 5.74) is 1.56. The van der Waals surface area contributed by atoms with Crippen LogP contribution in [0, 0.1) is 5.82 Å². The summed E-state index contributed by atoms with van der Waals surface area (Å²) in [4.78, 5) is 28.2. The number of ether oxygens (including phenoxy) is 1. The zero-order valence-corrected chi connectivity index (χ0v) is 24.6. The van der Waals surface area contributed by atoms with Gasteiger partial charge in [-0.3, -0.25) is 9.59 Å². The van der Waals surface area contributed by atoms with Crippen LogP contribution in [0.5, 0.6) is 5.75 Å². The van der Waals surface area contributed by atoms with Gasteiger partial charge < -0.3 is 15.0 Å². The van der Waals surface area contributed by atoms with Gasteiger partial charge >= 0.3 is 0 Å². The smallest absolute Gasteiger partial charge is 0.262 e. The van der Waals surface area contributed by atoms with Crippen LogP contribution in [0.3, 0.4) is 0 Å². The predicted molar refractivity (Wildman–Crippen MR) is 162 cm³/mol. The number of rotatable bonds is 10. The molecule has 0 aromatic heterocycles. The van der Waals surface area contributed by atoms with Gasteiger partial charge in [0.05, 0.1) is 23.7 Å². The zero-order valence-electron chi connectivity index (χ0n) is 23.0. The molecule has 0 bridgehead atoms. The first-order valence-electron chi connectivity index (χ1n) is 13.6. The van der Waals surface area contributed by atoms with E-state index in [1.807, 2.05) is 30.3 Å². The van der Waals surface area contributed by atoms with Crippen LogP contribution >= 0.6 is 11.6 Å². The minimum atomic E-state index is -4.26. The molecule has 11 heteroatoms. The van der Waals surface area contributed by atoms with Gasteiger partial charge in [-0.2, -0.15) is 4.31 Å². The van der Waals surface area contributed by atoms with E-state index in [2.05, 4.69) is 5.32 Å². The number of nitrogens with zero attached hydrogens (tertiary/aromatic N) is 2. The van der Waals surface area contributed by atoms with Crippen molar-refractivity contribution in [1.29, 1.82) is 0 Å². The lowest BCUT2D eigenvalue weighted by Crippen LogP contribution is -2.53. The normalized spacial score (nSPS) is 14.6. The van der Waals surface area contributed by atoms with Crippen LogP contribution in [0.1, 0.15) is 11.1 Å². The second-order valence-electron chi connectivity index (χ2n) is 9.92. The first kappa shape index (κ1) is 30.2. The molecule has 0 aliphatic carbocycles. The molecule has 1 aliphatic heterocycles. The molecular formula is C32H29ClFN3O5S. The van der Waals surface area contributed by atoms with Crippen molar-refractivity contribution in [3.05, 3.63) is 125 Å². The van der Waals surface area contributed by atoms with Crippen molar-refractivity contribution < 1.29 is 27.1 Å². The molecule has 1 atom stereocenters. The number of sulfonamides is 1. The summed E-state index contributed by atoms with van der Waals surface area (Å²) in [5, 5.41) is 3.20. The molecule has 1 unspecified atom stereocenters. The maximum atomic E-state index is 14.6. The largest absolute Gasteiger partial charge is 0.477 e. The van der Waals surface area contributed by atoms with Gasteiger partial charge in [0.2, 0.25) is 15.9 Å². The van der Waals surface area contributed by atoms with E-state index in [1.54, 1.807) is 30.3 Å². The van der Waals surface area contributed by atoms with Crippen molar-refractivity contribution in [2.75, 3.05) is 24.5 Å². The van der Waals surface area contributed by atoms with Crippen LogP contribution in [0.4, 0.5) is 10.1 Å². The Balaban J connectivity index is 1.38. The highest BCUT2D eigenvalue weighted by molar-refractivity contribution is 7.89. The molecule has 222 valence electrons. The third-order valence-electron chi connectivity index (χ3n) is 6.99. The Bertz CT molecular complexity index is 1700. The van der Waals surface area contributed by atoms with Gasteiger partial charge in [-0.05, 0) is 54.4 Å². The highest BCUT2D eigenvalue weighted by atomic mass is 35.5. The van der Waals surface area contributed by atoms with Crippen molar-refractivity contribution >= 4 is 39.1 Å². The van der Waals surface area contributed by atoms with E-state index >= 15 is 0 Å². The van der Waals surface area contributed by atoms with Crippen LogP contribution < -0.4 is 15.0 Å². The van der Waals surface area contributed by atoms with E-state index in [0.29, 0.717) is 29.4 Å². The molecule has 1 N–H and O–H groups in total. The van der Waals surface area contributed by atoms with Crippen molar-refractivity contribution in [1.82, 2.24) is 9.62 Å². The number of halogens is 2. The summed E-state index contributed by atoms with van der Waals surface area (Å²) in [6, 6.07) is 27.7. The van der Waals surface area contributed by atoms with Gasteiger partial charge in [-0.1, -0.05) is 72.3 Å². The molecule has 0 radical (unpaired) electrons. The summed E-state index contributed by atoms with van der Waals surface area (Å²) in [6.07, 6.45) is -0.408. The lowest BCUT2D eigenvalue weighted by atomic mass is 10.1. The van der Waals surface area contributed by atoms with Gasteiger partial charge in [0, 0.05) is 23.7 Å². The molecule has 0 saturated carbocycles. The van der Waals surface area contributed by atoms with Crippen LogP contribution in [0.15, 0.2) is 108 Å². The average molecular weight is 622 g/mol. The molecule has 1 aliphatic rings. The zero-order chi connectivity index (χ0) is 30.4. The van der Waals surface area contributed by atoms with Crippen LogP contribution in [-0.2, 0) is 32.6 Å². The Hall–Kier alpha value is -4.25. The number of carbonyl (C=O) groups excluding carboxylic acids is 2. The molecular weight excluding hydrogens is 593 g/mol. The van der Waals surface area contributed by atoms with Crippen LogP contribution in [0.25, 0.3) is 0 Å². The maximum absolute atomic E-state index is 14.6. The van der Waals surface area contributed by atoms with E-state index in [1.165, 1.54) is 47.4 Å². The fourth-order valence-corrected chi connectivity index (χ4v) is 6.22. The summed E-state index contributed by atoms with van der Waals surface area (Å²) in [6.45, 7) is -0.773. The molecule has 0 saturated heterocycles. The van der Waals surface area contributed by atoms with Gasteiger partial charge in [-0.25, -0.2) is 12.8 Å². The van der Waals surface area contributed by atoms with Crippen molar-refractivity contribution in [3.63, 3.8) is 0 Å². The highest BCUT2D eigenvalue weighted by Gasteiger charge is 2.36. The summed E-state index contributed by atoms with van der Waals surface area (Å²) in [5.74, 6) is -1.30. The SMILES string of the molecule is O=C(NCCc1ccccc1)C1CN(C(=O)CN(Cc2ccccc2F)S(=O)(=O)c2ccc(Cl)cc2)c2ccccc2O1. The minimum absolute atomic E-state index is 0.0981. The van der Waals surface area contributed by atoms with E-state index in [0.717, 1.165) is 9.87 Å². The number of carbonyl (C=O) groups is 2. The Morgan fingerprint density at radius 1 is 0.930 bits per heavy atom. The maximum Gasteiger partial charge on any atom is 0.262 e. The Labute approximate surface area is 254 Å². The summed E-state index contributed by atoms with van der Waals surface area (Å²) >= 11 is 5.96. The molecule has 0 fully saturated rings. The van der Waals surface area contributed by atoms with E-state index < -0.39 is 46.8 Å². The Morgan fingerprint density at radius 2 is 1.60 bits per heavy atom. The van der Waals surface area contributed by atoms with Crippen molar-refractivity contribution in [2.24, 2.45) is 0 Å². The lowest BCUT2D eigenvalue weighted by molar-refractivity contribution is -0.128. The molecule has 43 heavy (non-hydrogen) atoms. The quantitative estimate of drug-likeness (QED) is 0.274. The average Bonchev–Trinajstić information content (AvgIpc) is 3.01. The molecule has 2 amide bonds. The van der Waals surface area contributed by atoms with E-state index in [-0.39, 0.29) is 17.0 Å². The standard InChI is InChI=1S/C32H29ClFN3O5S/c33-25-14-16-26(17-15-25)43(40,41)36(20-24-10-4-5-11-27(24)34)22-31(38)37-21-30(42-29-13-7-6-12-28(29)37)32(39)35-19-18-23-8-2-1-3-9-23/h1-17,30H,18-22H2,(H,35,39). The van der Waals surface area contributed by atoms with Crippen molar-refractivity contribution in [2.45, 2.75) is 24.0 Å². The number of para-hydroxylation sites is 2. The number of anilines is 1. The lowest BCUT2D eigenvalue weighted by Gasteiger charge is -2.35. The minimum Gasteiger partial charge on any atom is -0.477 e. The molecule has 4 aromatic rings. The van der Waals surface area contributed by atoms with Gasteiger partial charge in [0.1, 0.15) is 11.6 Å². The highest BCUT2D eigenvalue weighted by Crippen LogP contribution is 2.34. The monoisotopic (exact) mass is 621 g/mol. The fourth-order valence-electron chi connectivity index (χ4n) is 4.73. The summed E-state index contributed by atoms with van der Waals surface area (Å²) < 4.78 is 49.0. The number of hydrogen-bond donors (Lipinski definition) is 1. The van der Waals surface area contributed by atoms with Crippen molar-refractivity contribution in [3.8, 4) is 5.75 Å². The second kappa shape index (κ2) is 13.4. The number of amides is 2. The molecule has 8 nitrogen and oxygen atoms in total. The number of nitrogens with one attached hydrogen (secondary N) is 1. The fraction of sp³-hybridized carbons (Fsp3) is 0.188. The third-order valence-corrected chi connectivity index (χ3v) is 9.05. The number of fused-ring (bicyclic) bond motifs is 1. The first-order valence-corrected chi connectivity index (χ1v) is 15.4. The predicted octanol–water partition coefficient (Wildman–Crippen LogP) is 4.82. The molecule has 5 rings (SSSR count). The van der Waals surface area contributed by atoms with E-state index in [9.17, 15) is 22.4 Å². The Morgan fingerprint density at radius 3 is 2.35 bits per heavy atom. The topological polar surface area (TPSA) is 96.0 Å². The van der Waals surface area contributed by atoms with Crippen LogP contribution in [0.2, 0.25) is 5.02 Å². The molecule has 4 aromatic carbocycles. The van der Waals surface area contributed by atoms with Gasteiger partial charge in [-0.15, -0.1) is 0 Å². The first-order chi connectivity index (χ1) is 20.7. The van der Waals surface area contributed by atoms with Crippen LogP contribution in [-0.4, -0.2) is 50.3 Å².